The molecule has 1 heterocycles. The number of hydrogen-bond donors (Lipinski definition) is 0. The number of carbonyl (C=O) groups excluding carboxylic acids is 1. The molecule has 1 saturated heterocycles. The molecule has 13 heavy (non-hydrogen) atoms. The van der Waals surface area contributed by atoms with E-state index in [1.54, 1.807) is 0 Å². The number of nitrogens with zero attached hydrogens (tertiary/aromatic N) is 3. The molecule has 1 aliphatic heterocycles. The van der Waals surface area contributed by atoms with Crippen LogP contribution in [-0.4, -0.2) is 39.4 Å². The van der Waals surface area contributed by atoms with Crippen molar-refractivity contribution < 1.29 is 14.6 Å². The molecule has 1 amide bonds. The molecular formula is C5H7N3O5. The molecule has 0 aromatic carbocycles. The summed E-state index contributed by atoms with van der Waals surface area (Å²) in [6, 6.07) is 0. The highest BCUT2D eigenvalue weighted by Gasteiger charge is 2.67. The molecule has 0 radical (unpaired) electrons. The van der Waals surface area contributed by atoms with Gasteiger partial charge in [0.2, 0.25) is 5.91 Å². The minimum atomic E-state index is -2.17. The fourth-order valence-corrected chi connectivity index (χ4v) is 1.09. The fourth-order valence-electron chi connectivity index (χ4n) is 1.09. The molecular weight excluding hydrogens is 182 g/mol. The van der Waals surface area contributed by atoms with Crippen molar-refractivity contribution in [1.29, 1.82) is 0 Å². The second-order valence-corrected chi connectivity index (χ2v) is 2.87. The predicted molar refractivity (Wildman–Crippen MR) is 39.0 cm³/mol. The van der Waals surface area contributed by atoms with Gasteiger partial charge in [0, 0.05) is 6.92 Å². The molecule has 0 N–H and O–H groups in total. The first-order valence-electron chi connectivity index (χ1n) is 3.44. The van der Waals surface area contributed by atoms with Gasteiger partial charge in [0.05, 0.1) is 0 Å². The zero-order valence-electron chi connectivity index (χ0n) is 6.80. The van der Waals surface area contributed by atoms with Gasteiger partial charge in [-0.25, -0.2) is 0 Å². The van der Waals surface area contributed by atoms with Gasteiger partial charge in [-0.3, -0.25) is 25.0 Å². The molecule has 0 bridgehead atoms. The third kappa shape index (κ3) is 1.19. The molecule has 1 aliphatic rings. The van der Waals surface area contributed by atoms with Gasteiger partial charge in [-0.1, -0.05) is 0 Å². The zero-order valence-corrected chi connectivity index (χ0v) is 6.80. The number of hydrogen-bond acceptors (Lipinski definition) is 5. The van der Waals surface area contributed by atoms with E-state index in [1.165, 1.54) is 6.92 Å². The Balaban J connectivity index is 2.75. The topological polar surface area (TPSA) is 107 Å². The summed E-state index contributed by atoms with van der Waals surface area (Å²) in [5.74, 6) is -0.390. The Morgan fingerprint density at radius 2 is 1.69 bits per heavy atom. The normalized spacial score (nSPS) is 19.0. The zero-order chi connectivity index (χ0) is 10.2. The Labute approximate surface area is 72.4 Å². The molecule has 0 spiro atoms. The van der Waals surface area contributed by atoms with Gasteiger partial charge in [0.25, 0.3) is 0 Å². The van der Waals surface area contributed by atoms with Crippen molar-refractivity contribution >= 4 is 5.91 Å². The van der Waals surface area contributed by atoms with Crippen molar-refractivity contribution in [3.8, 4) is 0 Å². The number of amides is 1. The Kier molecular flexibility index (Phi) is 1.90. The van der Waals surface area contributed by atoms with Crippen molar-refractivity contribution in [2.75, 3.05) is 13.1 Å². The van der Waals surface area contributed by atoms with Gasteiger partial charge < -0.3 is 4.90 Å². The Morgan fingerprint density at radius 3 is 1.92 bits per heavy atom. The fraction of sp³-hybridized carbons (Fsp3) is 0.800. The lowest BCUT2D eigenvalue weighted by molar-refractivity contribution is -0.809. The van der Waals surface area contributed by atoms with E-state index in [2.05, 4.69) is 0 Å². The monoisotopic (exact) mass is 189 g/mol. The van der Waals surface area contributed by atoms with Crippen molar-refractivity contribution in [2.24, 2.45) is 0 Å². The average Bonchev–Trinajstić information content (AvgIpc) is 1.80. The summed E-state index contributed by atoms with van der Waals surface area (Å²) < 4.78 is 0. The molecule has 1 rings (SSSR count). The number of carbonyl (C=O) groups is 1. The molecule has 8 heteroatoms. The van der Waals surface area contributed by atoms with Crippen LogP contribution in [-0.2, 0) is 4.79 Å². The van der Waals surface area contributed by atoms with Crippen LogP contribution < -0.4 is 0 Å². The van der Waals surface area contributed by atoms with Crippen LogP contribution >= 0.6 is 0 Å². The quantitative estimate of drug-likeness (QED) is 0.317. The Morgan fingerprint density at radius 1 is 1.31 bits per heavy atom. The van der Waals surface area contributed by atoms with Crippen LogP contribution in [0.4, 0.5) is 0 Å². The average molecular weight is 189 g/mol. The first-order valence-corrected chi connectivity index (χ1v) is 3.44. The summed E-state index contributed by atoms with van der Waals surface area (Å²) in [5, 5.41) is 20.7. The molecule has 0 atom stereocenters. The lowest BCUT2D eigenvalue weighted by atomic mass is 10.0. The molecule has 72 valence electrons. The third-order valence-electron chi connectivity index (χ3n) is 2.01. The minimum Gasteiger partial charge on any atom is -0.314 e. The summed E-state index contributed by atoms with van der Waals surface area (Å²) in [6.07, 6.45) is 0. The van der Waals surface area contributed by atoms with Gasteiger partial charge in [-0.2, -0.15) is 0 Å². The molecule has 0 saturated carbocycles. The van der Waals surface area contributed by atoms with Gasteiger partial charge in [-0.05, 0) is 0 Å². The molecule has 0 aromatic heterocycles. The van der Waals surface area contributed by atoms with Gasteiger partial charge in [0.15, 0.2) is 13.1 Å². The van der Waals surface area contributed by atoms with E-state index in [0.717, 1.165) is 4.90 Å². The van der Waals surface area contributed by atoms with Crippen molar-refractivity contribution in [3.05, 3.63) is 20.2 Å². The molecule has 0 aliphatic carbocycles. The summed E-state index contributed by atoms with van der Waals surface area (Å²) in [6.45, 7) is 0.328. The van der Waals surface area contributed by atoms with Gasteiger partial charge in [0.1, 0.15) is 9.85 Å². The summed E-state index contributed by atoms with van der Waals surface area (Å²) in [5.41, 5.74) is -2.17. The van der Waals surface area contributed by atoms with Crippen LogP contribution in [0.3, 0.4) is 0 Å². The maximum absolute atomic E-state index is 10.6. The SMILES string of the molecule is CC(=O)N1CC([N+](=O)[O-])([N+](=O)[O-])C1. The van der Waals surface area contributed by atoms with E-state index in [9.17, 15) is 25.0 Å². The van der Waals surface area contributed by atoms with Crippen LogP contribution in [0, 0.1) is 20.2 Å². The van der Waals surface area contributed by atoms with Crippen LogP contribution in [0.1, 0.15) is 6.92 Å². The molecule has 0 aromatic rings. The van der Waals surface area contributed by atoms with Gasteiger partial charge in [-0.15, -0.1) is 0 Å². The lowest BCUT2D eigenvalue weighted by Crippen LogP contribution is -2.71. The highest BCUT2D eigenvalue weighted by Crippen LogP contribution is 2.24. The van der Waals surface area contributed by atoms with Crippen LogP contribution in [0.25, 0.3) is 0 Å². The highest BCUT2D eigenvalue weighted by molar-refractivity contribution is 5.74. The Hall–Kier alpha value is -1.73. The second-order valence-electron chi connectivity index (χ2n) is 2.87. The first-order chi connectivity index (χ1) is 5.90. The second kappa shape index (κ2) is 2.64. The third-order valence-corrected chi connectivity index (χ3v) is 2.01. The molecule has 0 unspecified atom stereocenters. The number of rotatable bonds is 2. The van der Waals surface area contributed by atoms with E-state index in [-0.39, 0.29) is 5.91 Å². The summed E-state index contributed by atoms with van der Waals surface area (Å²) >= 11 is 0. The van der Waals surface area contributed by atoms with Crippen molar-refractivity contribution in [3.63, 3.8) is 0 Å². The molecule has 1 fully saturated rings. The van der Waals surface area contributed by atoms with E-state index >= 15 is 0 Å². The van der Waals surface area contributed by atoms with Crippen molar-refractivity contribution in [1.82, 2.24) is 4.90 Å². The predicted octanol–water partition coefficient (Wildman–Crippen LogP) is -0.902. The standard InChI is InChI=1S/C5H7N3O5/c1-4(9)6-2-5(3-6,7(10)11)8(12)13/h2-3H2,1H3. The number of likely N-dealkylation sites (tertiary alicyclic amines) is 1. The van der Waals surface area contributed by atoms with Crippen molar-refractivity contribution in [2.45, 2.75) is 12.6 Å². The van der Waals surface area contributed by atoms with E-state index in [1.807, 2.05) is 0 Å². The highest BCUT2D eigenvalue weighted by atomic mass is 16.7. The summed E-state index contributed by atoms with van der Waals surface area (Å²) in [4.78, 5) is 30.5. The van der Waals surface area contributed by atoms with E-state index < -0.39 is 28.6 Å². The molecule has 8 nitrogen and oxygen atoms in total. The van der Waals surface area contributed by atoms with Gasteiger partial charge >= 0.3 is 5.66 Å². The summed E-state index contributed by atoms with van der Waals surface area (Å²) in [7, 11) is 0. The smallest absolute Gasteiger partial charge is 0.314 e. The van der Waals surface area contributed by atoms with E-state index in [0.29, 0.717) is 0 Å². The maximum Gasteiger partial charge on any atom is 0.492 e. The van der Waals surface area contributed by atoms with Crippen LogP contribution in [0.5, 0.6) is 0 Å². The van der Waals surface area contributed by atoms with Crippen LogP contribution in [0.2, 0.25) is 0 Å². The van der Waals surface area contributed by atoms with Crippen LogP contribution in [0.15, 0.2) is 0 Å². The Bertz CT molecular complexity index is 266. The minimum absolute atomic E-state index is 0.390. The largest absolute Gasteiger partial charge is 0.492 e. The maximum atomic E-state index is 10.6. The number of nitro groups is 2. The lowest BCUT2D eigenvalue weighted by Gasteiger charge is -2.35. The van der Waals surface area contributed by atoms with E-state index in [4.69, 9.17) is 0 Å². The first kappa shape index (κ1) is 9.36.